The number of aliphatic hydroxyl groups is 1. The van der Waals surface area contributed by atoms with E-state index in [9.17, 15) is 23.1 Å². The van der Waals surface area contributed by atoms with Crippen LogP contribution in [-0.4, -0.2) is 40.7 Å². The molecule has 2 aliphatic carbocycles. The molecule has 0 unspecified atom stereocenters. The van der Waals surface area contributed by atoms with Crippen LogP contribution in [0.25, 0.3) is 0 Å². The minimum Gasteiger partial charge on any atom is -0.490 e. The van der Waals surface area contributed by atoms with Crippen molar-refractivity contribution in [3.63, 3.8) is 0 Å². The van der Waals surface area contributed by atoms with E-state index in [0.717, 1.165) is 32.0 Å². The summed E-state index contributed by atoms with van der Waals surface area (Å²) in [5, 5.41) is 9.77. The second-order valence-corrected chi connectivity index (χ2v) is 8.92. The summed E-state index contributed by atoms with van der Waals surface area (Å²) < 4.78 is 44.3. The van der Waals surface area contributed by atoms with Crippen LogP contribution in [0.2, 0.25) is 0 Å². The number of hydrogen-bond acceptors (Lipinski definition) is 3. The lowest BCUT2D eigenvalue weighted by molar-refractivity contribution is -0.174. The molecule has 27 heavy (non-hydrogen) atoms. The number of halogens is 3. The lowest BCUT2D eigenvalue weighted by atomic mass is 9.61. The molecule has 148 valence electrons. The van der Waals surface area contributed by atoms with Gasteiger partial charge in [0.2, 0.25) is 5.91 Å². The van der Waals surface area contributed by atoms with Crippen LogP contribution in [-0.2, 0) is 11.0 Å². The molecule has 1 heterocycles. The number of hydrogen-bond donors (Lipinski definition) is 1. The van der Waals surface area contributed by atoms with Crippen LogP contribution in [0.15, 0.2) is 18.2 Å². The molecule has 4 nitrogen and oxygen atoms in total. The Bertz CT molecular complexity index is 752. The lowest BCUT2D eigenvalue weighted by Gasteiger charge is -2.59. The Morgan fingerprint density at radius 2 is 1.85 bits per heavy atom. The minimum atomic E-state index is -4.35. The van der Waals surface area contributed by atoms with E-state index in [1.54, 1.807) is 6.92 Å². The van der Waals surface area contributed by atoms with Crippen LogP contribution < -0.4 is 4.74 Å². The Hall–Kier alpha value is -1.76. The number of alkyl halides is 3. The lowest BCUT2D eigenvalue weighted by Crippen LogP contribution is -2.67. The number of rotatable bonds is 3. The molecule has 1 spiro atoms. The second-order valence-electron chi connectivity index (χ2n) is 8.92. The van der Waals surface area contributed by atoms with Crippen LogP contribution in [0.1, 0.15) is 43.7 Å². The Labute approximate surface area is 156 Å². The quantitative estimate of drug-likeness (QED) is 0.869. The highest BCUT2D eigenvalue weighted by atomic mass is 19.4. The first-order chi connectivity index (χ1) is 12.5. The normalized spacial score (nSPS) is 29.7. The van der Waals surface area contributed by atoms with E-state index in [1.165, 1.54) is 19.1 Å². The van der Waals surface area contributed by atoms with Crippen molar-refractivity contribution in [2.45, 2.75) is 57.4 Å². The molecule has 1 N–H and O–H groups in total. The van der Waals surface area contributed by atoms with Gasteiger partial charge in [-0.3, -0.25) is 4.79 Å². The van der Waals surface area contributed by atoms with Gasteiger partial charge in [-0.05, 0) is 63.3 Å². The second kappa shape index (κ2) is 5.87. The Kier molecular flexibility index (Phi) is 4.04. The molecule has 1 aliphatic heterocycles. The number of carbonyl (C=O) groups excluding carboxylic acids is 1. The molecule has 0 atom stereocenters. The number of aryl methyl sites for hydroxylation is 1. The average molecular weight is 383 g/mol. The fourth-order valence-electron chi connectivity index (χ4n) is 4.82. The van der Waals surface area contributed by atoms with Gasteiger partial charge in [-0.1, -0.05) is 0 Å². The molecule has 1 aromatic carbocycles. The van der Waals surface area contributed by atoms with Crippen LogP contribution in [0.4, 0.5) is 13.2 Å². The van der Waals surface area contributed by atoms with E-state index < -0.39 is 17.3 Å². The van der Waals surface area contributed by atoms with E-state index in [0.29, 0.717) is 18.6 Å². The van der Waals surface area contributed by atoms with E-state index in [1.807, 2.05) is 4.90 Å². The number of likely N-dealkylation sites (tertiary alicyclic amines) is 1. The molecule has 2 saturated carbocycles. The Morgan fingerprint density at radius 1 is 1.22 bits per heavy atom. The van der Waals surface area contributed by atoms with Gasteiger partial charge in [0.15, 0.2) is 0 Å². The van der Waals surface area contributed by atoms with Crippen molar-refractivity contribution >= 4 is 5.91 Å². The number of amides is 1. The van der Waals surface area contributed by atoms with Crippen molar-refractivity contribution in [2.75, 3.05) is 13.1 Å². The summed E-state index contributed by atoms with van der Waals surface area (Å²) in [6, 6.07) is 3.88. The van der Waals surface area contributed by atoms with Gasteiger partial charge in [0.1, 0.15) is 11.9 Å². The zero-order valence-corrected chi connectivity index (χ0v) is 15.5. The predicted molar refractivity (Wildman–Crippen MR) is 92.2 cm³/mol. The first kappa shape index (κ1) is 18.6. The van der Waals surface area contributed by atoms with Gasteiger partial charge in [-0.25, -0.2) is 0 Å². The highest BCUT2D eigenvalue weighted by Gasteiger charge is 2.56. The third-order valence-electron chi connectivity index (χ3n) is 6.21. The summed E-state index contributed by atoms with van der Waals surface area (Å²) >= 11 is 0. The number of carbonyl (C=O) groups is 1. The minimum absolute atomic E-state index is 0.0113. The molecular formula is C20H24F3NO3. The van der Waals surface area contributed by atoms with Gasteiger partial charge >= 0.3 is 6.18 Å². The highest BCUT2D eigenvalue weighted by molar-refractivity contribution is 5.81. The third-order valence-corrected chi connectivity index (χ3v) is 6.21. The number of nitrogens with zero attached hydrogens (tertiary/aromatic N) is 1. The summed E-state index contributed by atoms with van der Waals surface area (Å²) in [4.78, 5) is 14.2. The summed E-state index contributed by atoms with van der Waals surface area (Å²) in [5.41, 5.74) is -1.07. The number of benzene rings is 1. The van der Waals surface area contributed by atoms with Gasteiger partial charge in [-0.2, -0.15) is 13.2 Å². The van der Waals surface area contributed by atoms with Crippen LogP contribution >= 0.6 is 0 Å². The first-order valence-corrected chi connectivity index (χ1v) is 9.32. The van der Waals surface area contributed by atoms with Gasteiger partial charge in [0.05, 0.1) is 11.2 Å². The summed E-state index contributed by atoms with van der Waals surface area (Å²) in [7, 11) is 0. The zero-order valence-electron chi connectivity index (χ0n) is 15.5. The van der Waals surface area contributed by atoms with Gasteiger partial charge in [-0.15, -0.1) is 0 Å². The first-order valence-electron chi connectivity index (χ1n) is 9.32. The summed E-state index contributed by atoms with van der Waals surface area (Å²) in [6.45, 7) is 4.63. The molecule has 3 aliphatic rings. The van der Waals surface area contributed by atoms with E-state index in [-0.39, 0.29) is 28.9 Å². The maximum atomic E-state index is 12.8. The molecule has 0 bridgehead atoms. The van der Waals surface area contributed by atoms with Crippen molar-refractivity contribution < 1.29 is 27.8 Å². The summed E-state index contributed by atoms with van der Waals surface area (Å²) in [5.74, 6) is 0.541. The van der Waals surface area contributed by atoms with Crippen molar-refractivity contribution in [3.8, 4) is 5.75 Å². The molecule has 4 rings (SSSR count). The van der Waals surface area contributed by atoms with Gasteiger partial charge in [0.25, 0.3) is 0 Å². The molecular weight excluding hydrogens is 359 g/mol. The Balaban J connectivity index is 1.25. The molecule has 7 heteroatoms. The fraction of sp³-hybridized carbons (Fsp3) is 0.650. The van der Waals surface area contributed by atoms with Gasteiger partial charge < -0.3 is 14.7 Å². The molecule has 1 saturated heterocycles. The van der Waals surface area contributed by atoms with E-state index in [4.69, 9.17) is 4.74 Å². The monoisotopic (exact) mass is 383 g/mol. The summed E-state index contributed by atoms with van der Waals surface area (Å²) in [6.07, 6.45) is -1.65. The van der Waals surface area contributed by atoms with Crippen LogP contribution in [0.3, 0.4) is 0 Å². The SMILES string of the molecule is Cc1cc(OC2CC3(C2)CN(C(=O)C2CC(C)(O)C2)C3)ccc1C(F)(F)F. The zero-order chi connectivity index (χ0) is 19.6. The van der Waals surface area contributed by atoms with Crippen molar-refractivity contribution in [1.29, 1.82) is 0 Å². The molecule has 3 fully saturated rings. The van der Waals surface area contributed by atoms with Crippen molar-refractivity contribution in [1.82, 2.24) is 4.90 Å². The van der Waals surface area contributed by atoms with Gasteiger partial charge in [0, 0.05) is 24.4 Å². The predicted octanol–water partition coefficient (Wildman–Crippen LogP) is 3.54. The molecule has 1 amide bonds. The largest absolute Gasteiger partial charge is 0.490 e. The standard InChI is InChI=1S/C20H24F3NO3/c1-12-5-14(3-4-16(12)20(21,22)23)27-15-8-19(9-15)10-24(11-19)17(25)13-6-18(2,26)7-13/h3-5,13,15,26H,6-11H2,1-2H3. The number of ether oxygens (including phenoxy) is 1. The average Bonchev–Trinajstić information content (AvgIpc) is 2.43. The van der Waals surface area contributed by atoms with Crippen molar-refractivity contribution in [3.05, 3.63) is 29.3 Å². The van der Waals surface area contributed by atoms with Crippen LogP contribution in [0, 0.1) is 18.3 Å². The maximum Gasteiger partial charge on any atom is 0.416 e. The van der Waals surface area contributed by atoms with E-state index >= 15 is 0 Å². The van der Waals surface area contributed by atoms with Crippen molar-refractivity contribution in [2.24, 2.45) is 11.3 Å². The van der Waals surface area contributed by atoms with Crippen LogP contribution in [0.5, 0.6) is 5.75 Å². The van der Waals surface area contributed by atoms with E-state index in [2.05, 4.69) is 0 Å². The smallest absolute Gasteiger partial charge is 0.416 e. The fourth-order valence-corrected chi connectivity index (χ4v) is 4.82. The molecule has 1 aromatic rings. The molecule has 0 radical (unpaired) electrons. The Morgan fingerprint density at radius 3 is 2.37 bits per heavy atom. The highest BCUT2D eigenvalue weighted by Crippen LogP contribution is 2.51. The third kappa shape index (κ3) is 3.42. The molecule has 0 aromatic heterocycles. The topological polar surface area (TPSA) is 49.8 Å². The maximum absolute atomic E-state index is 12.8.